The maximum atomic E-state index is 5.37. The van der Waals surface area contributed by atoms with Crippen molar-refractivity contribution < 1.29 is 9.05 Å². The molecule has 0 bridgehead atoms. The third kappa shape index (κ3) is 5.49. The van der Waals surface area contributed by atoms with Crippen molar-refractivity contribution in [3.05, 3.63) is 71.4 Å². The number of thioether (sulfide) groups is 2. The first kappa shape index (κ1) is 21.8. The second-order valence-corrected chi connectivity index (χ2v) is 10.6. The van der Waals surface area contributed by atoms with Crippen LogP contribution in [0.4, 0.5) is 0 Å². The molecule has 166 valence electrons. The summed E-state index contributed by atoms with van der Waals surface area (Å²) >= 11 is 4.53. The molecule has 0 fully saturated rings. The summed E-state index contributed by atoms with van der Waals surface area (Å²) in [6, 6.07) is 16.0. The minimum absolute atomic E-state index is 0.529. The van der Waals surface area contributed by atoms with Crippen LogP contribution in [0.25, 0.3) is 22.8 Å². The zero-order chi connectivity index (χ0) is 22.6. The van der Waals surface area contributed by atoms with Crippen molar-refractivity contribution >= 4 is 34.9 Å². The average molecular weight is 495 g/mol. The van der Waals surface area contributed by atoms with Gasteiger partial charge in [0.2, 0.25) is 23.4 Å². The predicted molar refractivity (Wildman–Crippen MR) is 128 cm³/mol. The minimum atomic E-state index is 0.529. The summed E-state index contributed by atoms with van der Waals surface area (Å²) in [6.07, 6.45) is 0. The third-order valence-corrected chi connectivity index (χ3v) is 7.74. The predicted octanol–water partition coefficient (Wildman–Crippen LogP) is 5.84. The molecule has 0 unspecified atom stereocenters. The number of rotatable bonds is 8. The zero-order valence-corrected chi connectivity index (χ0v) is 20.2. The summed E-state index contributed by atoms with van der Waals surface area (Å²) in [5.74, 6) is 3.33. The smallest absolute Gasteiger partial charge is 0.237 e. The van der Waals surface area contributed by atoms with Crippen LogP contribution >= 0.6 is 34.9 Å². The topological polar surface area (TPSA) is 104 Å². The average Bonchev–Trinajstić information content (AvgIpc) is 3.58. The summed E-state index contributed by atoms with van der Waals surface area (Å²) in [5, 5.41) is 16.6. The largest absolute Gasteiger partial charge is 0.338 e. The molecule has 0 N–H and O–H groups in total. The van der Waals surface area contributed by atoms with Crippen molar-refractivity contribution in [2.45, 2.75) is 34.0 Å². The maximum Gasteiger partial charge on any atom is 0.237 e. The van der Waals surface area contributed by atoms with E-state index in [1.54, 1.807) is 0 Å². The van der Waals surface area contributed by atoms with Gasteiger partial charge in [-0.25, -0.2) is 0 Å². The molecule has 0 saturated carbocycles. The molecule has 11 heteroatoms. The highest BCUT2D eigenvalue weighted by atomic mass is 32.2. The van der Waals surface area contributed by atoms with Crippen LogP contribution in [-0.2, 0) is 11.5 Å². The molecule has 0 aliphatic rings. The third-order valence-electron chi connectivity index (χ3n) is 4.58. The van der Waals surface area contributed by atoms with Gasteiger partial charge >= 0.3 is 0 Å². The Balaban J connectivity index is 1.14. The van der Waals surface area contributed by atoms with Crippen molar-refractivity contribution in [3.63, 3.8) is 0 Å². The van der Waals surface area contributed by atoms with E-state index in [2.05, 4.69) is 30.5 Å². The van der Waals surface area contributed by atoms with Gasteiger partial charge in [-0.3, -0.25) is 0 Å². The van der Waals surface area contributed by atoms with Crippen LogP contribution in [-0.4, -0.2) is 30.5 Å². The quantitative estimate of drug-likeness (QED) is 0.244. The molecule has 0 aliphatic heterocycles. The Labute approximate surface area is 202 Å². The van der Waals surface area contributed by atoms with E-state index in [4.69, 9.17) is 9.05 Å². The Morgan fingerprint density at radius 3 is 1.52 bits per heavy atom. The molecule has 0 aliphatic carbocycles. The number of hydrogen-bond donors (Lipinski definition) is 0. The van der Waals surface area contributed by atoms with Crippen LogP contribution in [0, 0.1) is 13.8 Å². The van der Waals surface area contributed by atoms with Crippen LogP contribution in [0.5, 0.6) is 0 Å². The highest BCUT2D eigenvalue weighted by molar-refractivity contribution is 8.02. The Bertz CT molecular complexity index is 1240. The highest BCUT2D eigenvalue weighted by Gasteiger charge is 2.13. The van der Waals surface area contributed by atoms with Crippen LogP contribution in [0.2, 0.25) is 0 Å². The molecule has 3 heterocycles. The number of hydrogen-bond acceptors (Lipinski definition) is 11. The monoisotopic (exact) mass is 494 g/mol. The van der Waals surface area contributed by atoms with Crippen molar-refractivity contribution in [1.82, 2.24) is 30.5 Å². The second-order valence-electron chi connectivity index (χ2n) is 7.17. The summed E-state index contributed by atoms with van der Waals surface area (Å²) < 4.78 is 12.4. The molecule has 0 amide bonds. The molecule has 8 nitrogen and oxygen atoms in total. The summed E-state index contributed by atoms with van der Waals surface area (Å²) in [5.41, 5.74) is 4.24. The zero-order valence-electron chi connectivity index (χ0n) is 17.8. The molecule has 0 spiro atoms. The van der Waals surface area contributed by atoms with Gasteiger partial charge in [0.1, 0.15) is 0 Å². The number of benzene rings is 2. The molecule has 3 aromatic heterocycles. The lowest BCUT2D eigenvalue weighted by Gasteiger charge is -1.94. The molecular weight excluding hydrogens is 476 g/mol. The van der Waals surface area contributed by atoms with Gasteiger partial charge in [0.25, 0.3) is 0 Å². The number of aryl methyl sites for hydroxylation is 2. The van der Waals surface area contributed by atoms with E-state index in [0.717, 1.165) is 19.8 Å². The van der Waals surface area contributed by atoms with Gasteiger partial charge in [-0.15, -0.1) is 10.2 Å². The Hall–Kier alpha value is -3.02. The first-order valence-corrected chi connectivity index (χ1v) is 12.8. The van der Waals surface area contributed by atoms with Crippen molar-refractivity contribution in [2.24, 2.45) is 0 Å². The summed E-state index contributed by atoms with van der Waals surface area (Å²) in [6.45, 7) is 4.09. The first-order valence-electron chi connectivity index (χ1n) is 10.0. The van der Waals surface area contributed by atoms with E-state index >= 15 is 0 Å². The molecule has 0 saturated heterocycles. The fourth-order valence-electron chi connectivity index (χ4n) is 2.83. The molecule has 33 heavy (non-hydrogen) atoms. The fraction of sp³-hybridized carbons (Fsp3) is 0.182. The Kier molecular flexibility index (Phi) is 6.51. The molecule has 0 radical (unpaired) electrons. The second kappa shape index (κ2) is 9.86. The highest BCUT2D eigenvalue weighted by Crippen LogP contribution is 2.32. The van der Waals surface area contributed by atoms with Gasteiger partial charge in [-0.1, -0.05) is 105 Å². The summed E-state index contributed by atoms with van der Waals surface area (Å²) in [7, 11) is 0. The van der Waals surface area contributed by atoms with Crippen LogP contribution in [0.15, 0.2) is 66.3 Å². The van der Waals surface area contributed by atoms with E-state index < -0.39 is 0 Å². The van der Waals surface area contributed by atoms with Crippen molar-refractivity contribution in [3.8, 4) is 22.8 Å². The normalized spacial score (nSPS) is 11.2. The standard InChI is InChI=1S/C22H18N6O2S3/c1-13-3-7-15(8-4-13)19-23-17(29-27-19)11-31-21-25-26-22(33-21)32-12-18-24-20(28-30-18)16-9-5-14(2)6-10-16/h3-10H,11-12H2,1-2H3. The van der Waals surface area contributed by atoms with Gasteiger partial charge in [0, 0.05) is 11.1 Å². The molecule has 5 rings (SSSR count). The van der Waals surface area contributed by atoms with E-state index in [1.807, 2.05) is 62.4 Å². The van der Waals surface area contributed by atoms with Gasteiger partial charge in [-0.05, 0) is 13.8 Å². The van der Waals surface area contributed by atoms with E-state index in [9.17, 15) is 0 Å². The Morgan fingerprint density at radius 1 is 0.667 bits per heavy atom. The van der Waals surface area contributed by atoms with Crippen molar-refractivity contribution in [1.29, 1.82) is 0 Å². The Morgan fingerprint density at radius 2 is 1.09 bits per heavy atom. The lowest BCUT2D eigenvalue weighted by molar-refractivity contribution is 0.391. The van der Waals surface area contributed by atoms with Crippen molar-refractivity contribution in [2.75, 3.05) is 0 Å². The number of nitrogens with zero attached hydrogens (tertiary/aromatic N) is 6. The van der Waals surface area contributed by atoms with Gasteiger partial charge in [0.15, 0.2) is 8.68 Å². The van der Waals surface area contributed by atoms with Crippen LogP contribution < -0.4 is 0 Å². The lowest BCUT2D eigenvalue weighted by atomic mass is 10.1. The van der Waals surface area contributed by atoms with E-state index in [-0.39, 0.29) is 0 Å². The van der Waals surface area contributed by atoms with E-state index in [0.29, 0.717) is 34.9 Å². The molecular formula is C22H18N6O2S3. The van der Waals surface area contributed by atoms with Gasteiger partial charge in [-0.2, -0.15) is 9.97 Å². The lowest BCUT2D eigenvalue weighted by Crippen LogP contribution is -1.83. The van der Waals surface area contributed by atoms with Crippen LogP contribution in [0.3, 0.4) is 0 Å². The van der Waals surface area contributed by atoms with Gasteiger partial charge < -0.3 is 9.05 Å². The fourth-order valence-corrected chi connectivity index (χ4v) is 5.52. The van der Waals surface area contributed by atoms with E-state index in [1.165, 1.54) is 46.0 Å². The summed E-state index contributed by atoms with van der Waals surface area (Å²) in [4.78, 5) is 8.93. The molecule has 2 aromatic carbocycles. The molecule has 5 aromatic rings. The van der Waals surface area contributed by atoms with Crippen LogP contribution in [0.1, 0.15) is 22.9 Å². The maximum absolute atomic E-state index is 5.37. The van der Waals surface area contributed by atoms with Gasteiger partial charge in [0.05, 0.1) is 11.5 Å². The minimum Gasteiger partial charge on any atom is -0.338 e. The number of aromatic nitrogens is 6. The first-order chi connectivity index (χ1) is 16.1. The SMILES string of the molecule is Cc1ccc(-c2noc(CSc3nnc(SCc4nc(-c5ccc(C)cc5)no4)s3)n2)cc1. The molecule has 0 atom stereocenters.